The van der Waals surface area contributed by atoms with Crippen LogP contribution < -0.4 is 11.1 Å². The van der Waals surface area contributed by atoms with Crippen molar-refractivity contribution in [3.63, 3.8) is 0 Å². The second kappa shape index (κ2) is 5.11. The van der Waals surface area contributed by atoms with Crippen molar-refractivity contribution < 1.29 is 5.11 Å². The van der Waals surface area contributed by atoms with E-state index in [2.05, 4.69) is 31.2 Å². The zero-order valence-corrected chi connectivity index (χ0v) is 9.45. The van der Waals surface area contributed by atoms with E-state index >= 15 is 0 Å². The van der Waals surface area contributed by atoms with Gasteiger partial charge in [-0.15, -0.1) is 0 Å². The number of anilines is 2. The lowest BCUT2D eigenvalue weighted by atomic mass is 10.3. The molecule has 0 bridgehead atoms. The fourth-order valence-electron chi connectivity index (χ4n) is 0.866. The number of halogens is 1. The average molecular weight is 261 g/mol. The predicted molar refractivity (Wildman–Crippen MR) is 58.9 cm³/mol. The van der Waals surface area contributed by atoms with Gasteiger partial charge in [0.05, 0.1) is 6.10 Å². The first kappa shape index (κ1) is 11.2. The quantitative estimate of drug-likeness (QED) is 0.753. The maximum Gasteiger partial charge on any atom is 0.146 e. The van der Waals surface area contributed by atoms with Crippen molar-refractivity contribution in [3.8, 4) is 0 Å². The Hall–Kier alpha value is -0.880. The van der Waals surface area contributed by atoms with Crippen LogP contribution in [0.2, 0.25) is 0 Å². The number of hydrogen-bond acceptors (Lipinski definition) is 5. The summed E-state index contributed by atoms with van der Waals surface area (Å²) in [4.78, 5) is 7.79. The Balaban J connectivity index is 2.63. The summed E-state index contributed by atoms with van der Waals surface area (Å²) in [6.45, 7) is 2.36. The number of aliphatic hydroxyl groups excluding tert-OH is 1. The Bertz CT molecular complexity index is 307. The van der Waals surface area contributed by atoms with E-state index in [0.717, 1.165) is 0 Å². The fraction of sp³-hybridized carbons (Fsp3) is 0.500. The van der Waals surface area contributed by atoms with Gasteiger partial charge in [-0.1, -0.05) is 6.92 Å². The van der Waals surface area contributed by atoms with E-state index in [4.69, 9.17) is 5.73 Å². The molecule has 4 N–H and O–H groups in total. The largest absolute Gasteiger partial charge is 0.391 e. The van der Waals surface area contributed by atoms with Crippen LogP contribution in [0.3, 0.4) is 0 Å². The minimum atomic E-state index is -0.377. The summed E-state index contributed by atoms with van der Waals surface area (Å²) in [5, 5.41) is 12.3. The molecule has 1 atom stereocenters. The Morgan fingerprint density at radius 3 is 3.00 bits per heavy atom. The number of nitrogens with one attached hydrogen (secondary N) is 1. The number of aliphatic hydroxyl groups is 1. The first-order valence-electron chi connectivity index (χ1n) is 4.33. The molecule has 78 valence electrons. The number of nitrogens with two attached hydrogens (primary N) is 1. The van der Waals surface area contributed by atoms with Gasteiger partial charge in [0.2, 0.25) is 0 Å². The lowest BCUT2D eigenvalue weighted by Crippen LogP contribution is -2.19. The van der Waals surface area contributed by atoms with Gasteiger partial charge in [-0.2, -0.15) is 0 Å². The first-order chi connectivity index (χ1) is 6.65. The van der Waals surface area contributed by atoms with Crippen molar-refractivity contribution in [1.82, 2.24) is 9.97 Å². The lowest BCUT2D eigenvalue weighted by Gasteiger charge is -2.11. The smallest absolute Gasteiger partial charge is 0.146 e. The molecule has 0 aliphatic heterocycles. The fourth-order valence-corrected chi connectivity index (χ4v) is 1.21. The Morgan fingerprint density at radius 1 is 1.64 bits per heavy atom. The van der Waals surface area contributed by atoms with Crippen LogP contribution >= 0.6 is 15.9 Å². The summed E-state index contributed by atoms with van der Waals surface area (Å²) < 4.78 is 0.628. The maximum absolute atomic E-state index is 9.33. The molecular formula is C8H13BrN4O. The van der Waals surface area contributed by atoms with Crippen molar-refractivity contribution in [2.45, 2.75) is 19.4 Å². The van der Waals surface area contributed by atoms with Crippen LogP contribution in [0.5, 0.6) is 0 Å². The highest BCUT2D eigenvalue weighted by Crippen LogP contribution is 2.23. The van der Waals surface area contributed by atoms with Gasteiger partial charge in [-0.05, 0) is 22.4 Å². The third-order valence-corrected chi connectivity index (χ3v) is 2.57. The van der Waals surface area contributed by atoms with E-state index < -0.39 is 0 Å². The molecule has 0 aliphatic carbocycles. The molecule has 1 heterocycles. The van der Waals surface area contributed by atoms with Crippen molar-refractivity contribution >= 4 is 27.6 Å². The summed E-state index contributed by atoms with van der Waals surface area (Å²) in [7, 11) is 0. The molecule has 0 aliphatic rings. The van der Waals surface area contributed by atoms with Crippen molar-refractivity contribution in [2.75, 3.05) is 17.6 Å². The number of hydrogen-bond donors (Lipinski definition) is 3. The highest BCUT2D eigenvalue weighted by molar-refractivity contribution is 9.10. The molecule has 1 aromatic rings. The average Bonchev–Trinajstić information content (AvgIpc) is 2.20. The lowest BCUT2D eigenvalue weighted by molar-refractivity contribution is 0.183. The molecule has 1 rings (SSSR count). The van der Waals surface area contributed by atoms with E-state index in [9.17, 15) is 5.11 Å². The Morgan fingerprint density at radius 2 is 2.36 bits per heavy atom. The van der Waals surface area contributed by atoms with Crippen LogP contribution in [0.1, 0.15) is 13.3 Å². The van der Waals surface area contributed by atoms with Crippen LogP contribution in [0.25, 0.3) is 0 Å². The molecule has 0 saturated heterocycles. The minimum absolute atomic E-state index is 0.377. The molecule has 0 fully saturated rings. The van der Waals surface area contributed by atoms with Crippen LogP contribution in [-0.4, -0.2) is 27.7 Å². The normalized spacial score (nSPS) is 12.5. The summed E-state index contributed by atoms with van der Waals surface area (Å²) in [5.74, 6) is 0.985. The molecule has 0 spiro atoms. The molecule has 0 radical (unpaired) electrons. The number of aromatic nitrogens is 2. The number of rotatable bonds is 4. The van der Waals surface area contributed by atoms with E-state index in [1.165, 1.54) is 6.33 Å². The zero-order chi connectivity index (χ0) is 10.6. The van der Waals surface area contributed by atoms with Gasteiger partial charge in [0.15, 0.2) is 0 Å². The third-order valence-electron chi connectivity index (χ3n) is 1.79. The summed E-state index contributed by atoms with van der Waals surface area (Å²) in [6, 6.07) is 0. The van der Waals surface area contributed by atoms with Crippen LogP contribution in [-0.2, 0) is 0 Å². The highest BCUT2D eigenvalue weighted by Gasteiger charge is 2.06. The number of nitrogens with zero attached hydrogens (tertiary/aromatic N) is 2. The van der Waals surface area contributed by atoms with Gasteiger partial charge in [0.1, 0.15) is 22.4 Å². The van der Waals surface area contributed by atoms with Gasteiger partial charge in [-0.3, -0.25) is 0 Å². The highest BCUT2D eigenvalue weighted by atomic mass is 79.9. The van der Waals surface area contributed by atoms with Gasteiger partial charge in [0, 0.05) is 6.54 Å². The molecule has 1 aromatic heterocycles. The SMILES string of the molecule is CCC(O)CNc1ncnc(N)c1Br. The third kappa shape index (κ3) is 2.81. The molecule has 5 nitrogen and oxygen atoms in total. The summed E-state index contributed by atoms with van der Waals surface area (Å²) >= 11 is 3.26. The molecule has 1 unspecified atom stereocenters. The standard InChI is InChI=1S/C8H13BrN4O/c1-2-5(14)3-11-8-6(9)7(10)12-4-13-8/h4-5,14H,2-3H2,1H3,(H3,10,11,12,13). The topological polar surface area (TPSA) is 84.1 Å². The van der Waals surface area contributed by atoms with Crippen LogP contribution in [0.15, 0.2) is 10.8 Å². The first-order valence-corrected chi connectivity index (χ1v) is 5.12. The predicted octanol–water partition coefficient (Wildman–Crippen LogP) is 1.00. The molecule has 6 heteroatoms. The van der Waals surface area contributed by atoms with Crippen molar-refractivity contribution in [3.05, 3.63) is 10.8 Å². The second-order valence-corrected chi connectivity index (χ2v) is 3.66. The van der Waals surface area contributed by atoms with Crippen molar-refractivity contribution in [1.29, 1.82) is 0 Å². The maximum atomic E-state index is 9.33. The minimum Gasteiger partial charge on any atom is -0.391 e. The van der Waals surface area contributed by atoms with Gasteiger partial charge >= 0.3 is 0 Å². The van der Waals surface area contributed by atoms with E-state index in [-0.39, 0.29) is 6.10 Å². The second-order valence-electron chi connectivity index (χ2n) is 2.86. The Kier molecular flexibility index (Phi) is 4.09. The van der Waals surface area contributed by atoms with Gasteiger partial charge < -0.3 is 16.2 Å². The Labute approximate surface area is 90.9 Å². The van der Waals surface area contributed by atoms with Gasteiger partial charge in [0.25, 0.3) is 0 Å². The van der Waals surface area contributed by atoms with E-state index in [1.54, 1.807) is 0 Å². The summed E-state index contributed by atoms with van der Waals surface area (Å²) in [6.07, 6.45) is 1.70. The summed E-state index contributed by atoms with van der Waals surface area (Å²) in [5.41, 5.74) is 5.56. The molecule has 0 aromatic carbocycles. The number of nitrogen functional groups attached to an aromatic ring is 1. The monoisotopic (exact) mass is 260 g/mol. The van der Waals surface area contributed by atoms with Gasteiger partial charge in [-0.25, -0.2) is 9.97 Å². The molecule has 0 amide bonds. The zero-order valence-electron chi connectivity index (χ0n) is 7.87. The molecule has 14 heavy (non-hydrogen) atoms. The van der Waals surface area contributed by atoms with E-state index in [0.29, 0.717) is 29.1 Å². The van der Waals surface area contributed by atoms with E-state index in [1.807, 2.05) is 6.92 Å². The van der Waals surface area contributed by atoms with Crippen molar-refractivity contribution in [2.24, 2.45) is 0 Å². The molecular weight excluding hydrogens is 248 g/mol. The van der Waals surface area contributed by atoms with Crippen LogP contribution in [0.4, 0.5) is 11.6 Å². The molecule has 0 saturated carbocycles. The van der Waals surface area contributed by atoms with Crippen LogP contribution in [0, 0.1) is 0 Å².